The van der Waals surface area contributed by atoms with Gasteiger partial charge in [-0.05, 0) is 68.6 Å². The fraction of sp³-hybridized carbons (Fsp3) is 0.647. The number of thioether (sulfide) groups is 1. The third-order valence-electron chi connectivity index (χ3n) is 4.55. The molecule has 0 bridgehead atoms. The second-order valence-corrected chi connectivity index (χ2v) is 6.70. The van der Waals surface area contributed by atoms with Gasteiger partial charge < -0.3 is 5.32 Å². The van der Waals surface area contributed by atoms with Gasteiger partial charge in [0.25, 0.3) is 0 Å². The topological polar surface area (TPSA) is 12.0 Å². The van der Waals surface area contributed by atoms with Crippen molar-refractivity contribution in [2.75, 3.05) is 19.1 Å². The smallest absolute Gasteiger partial charge is 0.00927 e. The molecule has 0 amide bonds. The molecule has 1 nitrogen and oxygen atoms in total. The monoisotopic (exact) mass is 277 g/mol. The van der Waals surface area contributed by atoms with Crippen LogP contribution in [0.1, 0.15) is 43.6 Å². The molecular formula is C17H27NS. The molecule has 2 rings (SSSR count). The van der Waals surface area contributed by atoms with Crippen molar-refractivity contribution in [3.8, 4) is 0 Å². The molecule has 0 aromatic heterocycles. The largest absolute Gasteiger partial charge is 0.317 e. The van der Waals surface area contributed by atoms with Crippen molar-refractivity contribution in [3.05, 3.63) is 35.9 Å². The summed E-state index contributed by atoms with van der Waals surface area (Å²) in [5.41, 5.74) is 1.55. The van der Waals surface area contributed by atoms with Crippen molar-refractivity contribution in [1.82, 2.24) is 5.32 Å². The first kappa shape index (κ1) is 14.9. The second-order valence-electron chi connectivity index (χ2n) is 5.71. The predicted octanol–water partition coefficient (Wildman–Crippen LogP) is 4.30. The molecule has 3 atom stereocenters. The zero-order valence-corrected chi connectivity index (χ0v) is 13.1. The molecule has 1 saturated carbocycles. The van der Waals surface area contributed by atoms with Crippen LogP contribution in [-0.2, 0) is 0 Å². The quantitative estimate of drug-likeness (QED) is 0.778. The number of benzene rings is 1. The van der Waals surface area contributed by atoms with Gasteiger partial charge in [0.2, 0.25) is 0 Å². The number of hydrogen-bond donors (Lipinski definition) is 1. The molecule has 106 valence electrons. The van der Waals surface area contributed by atoms with E-state index in [0.29, 0.717) is 0 Å². The van der Waals surface area contributed by atoms with Gasteiger partial charge in [-0.3, -0.25) is 0 Å². The van der Waals surface area contributed by atoms with Crippen LogP contribution in [0.25, 0.3) is 0 Å². The SMILES string of the molecule is CNC1CCC(c2ccccc2)CC1CCCSC. The zero-order chi connectivity index (χ0) is 13.5. The Bertz CT molecular complexity index is 352. The summed E-state index contributed by atoms with van der Waals surface area (Å²) >= 11 is 1.98. The van der Waals surface area contributed by atoms with Gasteiger partial charge in [0.1, 0.15) is 0 Å². The zero-order valence-electron chi connectivity index (χ0n) is 12.3. The van der Waals surface area contributed by atoms with Gasteiger partial charge in [-0.2, -0.15) is 11.8 Å². The summed E-state index contributed by atoms with van der Waals surface area (Å²) in [6.45, 7) is 0. The highest BCUT2D eigenvalue weighted by molar-refractivity contribution is 7.98. The first-order chi connectivity index (χ1) is 9.35. The predicted molar refractivity (Wildman–Crippen MR) is 87.0 cm³/mol. The summed E-state index contributed by atoms with van der Waals surface area (Å²) in [4.78, 5) is 0. The van der Waals surface area contributed by atoms with E-state index in [2.05, 4.69) is 49.0 Å². The minimum atomic E-state index is 0.738. The Hall–Kier alpha value is -0.470. The summed E-state index contributed by atoms with van der Waals surface area (Å²) in [7, 11) is 2.13. The summed E-state index contributed by atoms with van der Waals surface area (Å²) in [6.07, 6.45) is 9.00. The van der Waals surface area contributed by atoms with Gasteiger partial charge in [0.15, 0.2) is 0 Å². The summed E-state index contributed by atoms with van der Waals surface area (Å²) in [5, 5.41) is 3.55. The van der Waals surface area contributed by atoms with Crippen LogP contribution in [0.15, 0.2) is 30.3 Å². The van der Waals surface area contributed by atoms with Crippen LogP contribution in [0.5, 0.6) is 0 Å². The third kappa shape index (κ3) is 4.25. The molecule has 1 aliphatic rings. The standard InChI is InChI=1S/C17H27NS/c1-18-17-11-10-15(14-7-4-3-5-8-14)13-16(17)9-6-12-19-2/h3-5,7-8,15-18H,6,9-13H2,1-2H3. The lowest BCUT2D eigenvalue weighted by molar-refractivity contribution is 0.236. The van der Waals surface area contributed by atoms with Crippen LogP contribution in [0.2, 0.25) is 0 Å². The Labute approximate surface area is 122 Å². The van der Waals surface area contributed by atoms with E-state index in [-0.39, 0.29) is 0 Å². The van der Waals surface area contributed by atoms with E-state index < -0.39 is 0 Å². The Morgan fingerprint density at radius 1 is 1.21 bits per heavy atom. The first-order valence-electron chi connectivity index (χ1n) is 7.56. The van der Waals surface area contributed by atoms with Gasteiger partial charge in [-0.15, -0.1) is 0 Å². The van der Waals surface area contributed by atoms with Crippen LogP contribution >= 0.6 is 11.8 Å². The lowest BCUT2D eigenvalue weighted by Crippen LogP contribution is -2.38. The molecule has 0 radical (unpaired) electrons. The molecular weight excluding hydrogens is 250 g/mol. The fourth-order valence-corrected chi connectivity index (χ4v) is 3.94. The average Bonchev–Trinajstić information content (AvgIpc) is 2.48. The van der Waals surface area contributed by atoms with E-state index >= 15 is 0 Å². The highest BCUT2D eigenvalue weighted by Gasteiger charge is 2.29. The molecule has 19 heavy (non-hydrogen) atoms. The Morgan fingerprint density at radius 2 is 2.00 bits per heavy atom. The summed E-state index contributed by atoms with van der Waals surface area (Å²) in [6, 6.07) is 11.8. The first-order valence-corrected chi connectivity index (χ1v) is 8.95. The van der Waals surface area contributed by atoms with Gasteiger partial charge in [-0.1, -0.05) is 30.3 Å². The molecule has 1 fully saturated rings. The van der Waals surface area contributed by atoms with Gasteiger partial charge >= 0.3 is 0 Å². The van der Waals surface area contributed by atoms with Gasteiger partial charge in [-0.25, -0.2) is 0 Å². The van der Waals surface area contributed by atoms with E-state index in [4.69, 9.17) is 0 Å². The van der Waals surface area contributed by atoms with Gasteiger partial charge in [0, 0.05) is 6.04 Å². The maximum absolute atomic E-state index is 3.55. The average molecular weight is 277 g/mol. The normalized spacial score (nSPS) is 27.4. The molecule has 3 unspecified atom stereocenters. The lowest BCUT2D eigenvalue weighted by atomic mass is 9.73. The number of rotatable bonds is 6. The molecule has 1 aromatic rings. The minimum absolute atomic E-state index is 0.738. The molecule has 0 spiro atoms. The molecule has 1 N–H and O–H groups in total. The molecule has 0 heterocycles. The third-order valence-corrected chi connectivity index (χ3v) is 5.24. The lowest BCUT2D eigenvalue weighted by Gasteiger charge is -2.36. The molecule has 0 saturated heterocycles. The van der Waals surface area contributed by atoms with Crippen LogP contribution in [0.3, 0.4) is 0 Å². The fourth-order valence-electron chi connectivity index (χ4n) is 3.48. The van der Waals surface area contributed by atoms with Gasteiger partial charge in [0.05, 0.1) is 0 Å². The van der Waals surface area contributed by atoms with Crippen LogP contribution in [0, 0.1) is 5.92 Å². The van der Waals surface area contributed by atoms with Crippen molar-refractivity contribution >= 4 is 11.8 Å². The second kappa shape index (κ2) is 7.96. The highest BCUT2D eigenvalue weighted by atomic mass is 32.2. The summed E-state index contributed by atoms with van der Waals surface area (Å²) in [5.74, 6) is 2.95. The van der Waals surface area contributed by atoms with Crippen molar-refractivity contribution < 1.29 is 0 Å². The number of hydrogen-bond acceptors (Lipinski definition) is 2. The molecule has 0 aliphatic heterocycles. The van der Waals surface area contributed by atoms with Crippen LogP contribution in [-0.4, -0.2) is 25.1 Å². The maximum Gasteiger partial charge on any atom is 0.00927 e. The summed E-state index contributed by atoms with van der Waals surface area (Å²) < 4.78 is 0. The van der Waals surface area contributed by atoms with E-state index in [9.17, 15) is 0 Å². The van der Waals surface area contributed by atoms with Crippen molar-refractivity contribution in [3.63, 3.8) is 0 Å². The van der Waals surface area contributed by atoms with E-state index in [1.54, 1.807) is 5.56 Å². The van der Waals surface area contributed by atoms with E-state index in [1.807, 2.05) is 11.8 Å². The molecule has 1 aliphatic carbocycles. The van der Waals surface area contributed by atoms with Crippen molar-refractivity contribution in [1.29, 1.82) is 0 Å². The Morgan fingerprint density at radius 3 is 2.68 bits per heavy atom. The van der Waals surface area contributed by atoms with Crippen LogP contribution in [0.4, 0.5) is 0 Å². The molecule has 2 heteroatoms. The van der Waals surface area contributed by atoms with E-state index in [1.165, 1.54) is 37.9 Å². The minimum Gasteiger partial charge on any atom is -0.317 e. The van der Waals surface area contributed by atoms with Crippen LogP contribution < -0.4 is 5.32 Å². The maximum atomic E-state index is 3.55. The number of nitrogens with one attached hydrogen (secondary N) is 1. The Balaban J connectivity index is 1.95. The van der Waals surface area contributed by atoms with E-state index in [0.717, 1.165) is 17.9 Å². The highest BCUT2D eigenvalue weighted by Crippen LogP contribution is 2.38. The Kier molecular flexibility index (Phi) is 6.25. The van der Waals surface area contributed by atoms with Crippen molar-refractivity contribution in [2.45, 2.75) is 44.1 Å². The molecule has 1 aromatic carbocycles. The van der Waals surface area contributed by atoms with Crippen molar-refractivity contribution in [2.24, 2.45) is 5.92 Å².